The van der Waals surface area contributed by atoms with Gasteiger partial charge in [0.2, 0.25) is 0 Å². The minimum Gasteiger partial charge on any atom is -0.309 e. The molecule has 0 spiro atoms. The van der Waals surface area contributed by atoms with Gasteiger partial charge in [0.15, 0.2) is 0 Å². The Hall–Kier alpha value is -1.19. The number of aromatic nitrogens is 1. The fourth-order valence-electron chi connectivity index (χ4n) is 2.81. The zero-order chi connectivity index (χ0) is 13.1. The van der Waals surface area contributed by atoms with Crippen molar-refractivity contribution in [3.63, 3.8) is 0 Å². The lowest BCUT2D eigenvalue weighted by Gasteiger charge is -2.17. The van der Waals surface area contributed by atoms with Gasteiger partial charge in [0.1, 0.15) is 0 Å². The van der Waals surface area contributed by atoms with Gasteiger partial charge in [-0.05, 0) is 36.8 Å². The summed E-state index contributed by atoms with van der Waals surface area (Å²) >= 11 is 1.77. The van der Waals surface area contributed by atoms with Crippen LogP contribution in [0.3, 0.4) is 0 Å². The highest BCUT2D eigenvalue weighted by atomic mass is 32.1. The third-order valence-corrected chi connectivity index (χ3v) is 4.73. The molecule has 1 heterocycles. The number of hydrogen-bond donors (Lipinski definition) is 1. The van der Waals surface area contributed by atoms with Gasteiger partial charge in [0, 0.05) is 17.1 Å². The summed E-state index contributed by atoms with van der Waals surface area (Å²) in [6.45, 7) is 3.30. The van der Waals surface area contributed by atoms with E-state index < -0.39 is 0 Å². The van der Waals surface area contributed by atoms with E-state index in [1.807, 2.05) is 11.7 Å². The molecule has 0 amide bonds. The topological polar surface area (TPSA) is 24.9 Å². The van der Waals surface area contributed by atoms with Crippen molar-refractivity contribution in [2.45, 2.75) is 31.7 Å². The van der Waals surface area contributed by atoms with Gasteiger partial charge in [-0.1, -0.05) is 37.3 Å². The van der Waals surface area contributed by atoms with Crippen LogP contribution < -0.4 is 5.32 Å². The van der Waals surface area contributed by atoms with E-state index in [1.165, 1.54) is 23.3 Å². The summed E-state index contributed by atoms with van der Waals surface area (Å²) in [5.74, 6) is 1.45. The van der Waals surface area contributed by atoms with Gasteiger partial charge >= 0.3 is 0 Å². The monoisotopic (exact) mass is 272 g/mol. The fourth-order valence-corrected chi connectivity index (χ4v) is 3.58. The van der Waals surface area contributed by atoms with Crippen LogP contribution in [0.4, 0.5) is 0 Å². The van der Waals surface area contributed by atoms with Crippen LogP contribution in [0.1, 0.15) is 42.2 Å². The second-order valence-corrected chi connectivity index (χ2v) is 6.17. The average Bonchev–Trinajstić information content (AvgIpc) is 3.05. The van der Waals surface area contributed by atoms with Gasteiger partial charge in [0.05, 0.1) is 5.51 Å². The Kier molecular flexibility index (Phi) is 3.95. The summed E-state index contributed by atoms with van der Waals surface area (Å²) in [5, 5.41) is 3.70. The molecule has 0 radical (unpaired) electrons. The van der Waals surface area contributed by atoms with Gasteiger partial charge in [-0.3, -0.25) is 4.98 Å². The smallest absolute Gasteiger partial charge is 0.0794 e. The summed E-state index contributed by atoms with van der Waals surface area (Å²) in [7, 11) is 0. The number of rotatable bonds is 6. The van der Waals surface area contributed by atoms with Gasteiger partial charge in [-0.15, -0.1) is 11.3 Å². The SMILES string of the molecule is CCCNC(c1cncs1)C1CC1c1ccccc1. The highest BCUT2D eigenvalue weighted by molar-refractivity contribution is 7.09. The molecule has 100 valence electrons. The number of benzene rings is 1. The van der Waals surface area contributed by atoms with E-state index in [0.717, 1.165) is 18.4 Å². The molecule has 1 fully saturated rings. The van der Waals surface area contributed by atoms with Crippen molar-refractivity contribution in [2.75, 3.05) is 6.54 Å². The lowest BCUT2D eigenvalue weighted by molar-refractivity contribution is 0.479. The van der Waals surface area contributed by atoms with Crippen molar-refractivity contribution >= 4 is 11.3 Å². The minimum atomic E-state index is 0.484. The predicted octanol–water partition coefficient (Wildman–Crippen LogP) is 3.99. The molecule has 1 aliphatic rings. The molecule has 3 rings (SSSR count). The Labute approximate surface area is 118 Å². The van der Waals surface area contributed by atoms with E-state index in [1.54, 1.807) is 11.3 Å². The molecule has 0 saturated heterocycles. The maximum absolute atomic E-state index is 4.24. The largest absolute Gasteiger partial charge is 0.309 e. The third kappa shape index (κ3) is 2.88. The molecule has 19 heavy (non-hydrogen) atoms. The molecule has 0 bridgehead atoms. The Morgan fingerprint density at radius 3 is 2.89 bits per heavy atom. The molecule has 1 saturated carbocycles. The van der Waals surface area contributed by atoms with E-state index in [-0.39, 0.29) is 0 Å². The van der Waals surface area contributed by atoms with Gasteiger partial charge < -0.3 is 5.32 Å². The van der Waals surface area contributed by atoms with Crippen molar-refractivity contribution < 1.29 is 0 Å². The van der Waals surface area contributed by atoms with Gasteiger partial charge in [0.25, 0.3) is 0 Å². The summed E-state index contributed by atoms with van der Waals surface area (Å²) in [6.07, 6.45) is 4.50. The van der Waals surface area contributed by atoms with Crippen molar-refractivity contribution in [1.82, 2.24) is 10.3 Å². The Morgan fingerprint density at radius 2 is 2.21 bits per heavy atom. The molecule has 3 unspecified atom stereocenters. The van der Waals surface area contributed by atoms with E-state index in [2.05, 4.69) is 47.6 Å². The molecule has 2 nitrogen and oxygen atoms in total. The van der Waals surface area contributed by atoms with Crippen LogP contribution >= 0.6 is 11.3 Å². The van der Waals surface area contributed by atoms with Crippen LogP contribution in [0.25, 0.3) is 0 Å². The lowest BCUT2D eigenvalue weighted by atomic mass is 10.0. The second kappa shape index (κ2) is 5.85. The lowest BCUT2D eigenvalue weighted by Crippen LogP contribution is -2.23. The first kappa shape index (κ1) is 12.8. The number of hydrogen-bond acceptors (Lipinski definition) is 3. The third-order valence-electron chi connectivity index (χ3n) is 3.87. The molecule has 3 atom stereocenters. The summed E-state index contributed by atoms with van der Waals surface area (Å²) in [5.41, 5.74) is 3.43. The van der Waals surface area contributed by atoms with Crippen molar-refractivity contribution in [1.29, 1.82) is 0 Å². The fraction of sp³-hybridized carbons (Fsp3) is 0.438. The van der Waals surface area contributed by atoms with Crippen LogP contribution in [0.5, 0.6) is 0 Å². The molecule has 1 aromatic heterocycles. The molecular weight excluding hydrogens is 252 g/mol. The summed E-state index contributed by atoms with van der Waals surface area (Å²) < 4.78 is 0. The minimum absolute atomic E-state index is 0.484. The molecule has 1 N–H and O–H groups in total. The number of nitrogens with zero attached hydrogens (tertiary/aromatic N) is 1. The van der Waals surface area contributed by atoms with Crippen molar-refractivity contribution in [2.24, 2.45) is 5.92 Å². The van der Waals surface area contributed by atoms with Gasteiger partial charge in [-0.2, -0.15) is 0 Å². The maximum Gasteiger partial charge on any atom is 0.0794 e. The second-order valence-electron chi connectivity index (χ2n) is 5.25. The van der Waals surface area contributed by atoms with Crippen molar-refractivity contribution in [3.8, 4) is 0 Å². The van der Waals surface area contributed by atoms with E-state index in [9.17, 15) is 0 Å². The highest BCUT2D eigenvalue weighted by Gasteiger charge is 2.44. The Balaban J connectivity index is 1.72. The quantitative estimate of drug-likeness (QED) is 0.860. The molecule has 1 aliphatic carbocycles. The molecule has 3 heteroatoms. The van der Waals surface area contributed by atoms with E-state index >= 15 is 0 Å². The zero-order valence-corrected chi connectivity index (χ0v) is 12.1. The normalized spacial score (nSPS) is 23.2. The summed E-state index contributed by atoms with van der Waals surface area (Å²) in [6, 6.07) is 11.4. The van der Waals surface area contributed by atoms with Gasteiger partial charge in [-0.25, -0.2) is 0 Å². The van der Waals surface area contributed by atoms with Crippen molar-refractivity contribution in [3.05, 3.63) is 52.5 Å². The zero-order valence-electron chi connectivity index (χ0n) is 11.3. The molecular formula is C16H20N2S. The number of nitrogens with one attached hydrogen (secondary N) is 1. The standard InChI is InChI=1S/C16H20N2S/c1-2-8-18-16(15-10-17-11-19-15)14-9-13(14)12-6-4-3-5-7-12/h3-7,10-11,13-14,16,18H,2,8-9H2,1H3. The Bertz CT molecular complexity index is 495. The predicted molar refractivity (Wildman–Crippen MR) is 80.4 cm³/mol. The summed E-state index contributed by atoms with van der Waals surface area (Å²) in [4.78, 5) is 5.62. The average molecular weight is 272 g/mol. The number of thiazole rings is 1. The van der Waals surface area contributed by atoms with Crippen LogP contribution in [0.2, 0.25) is 0 Å². The first-order valence-electron chi connectivity index (χ1n) is 7.07. The molecule has 1 aromatic carbocycles. The molecule has 0 aliphatic heterocycles. The Morgan fingerprint density at radius 1 is 1.37 bits per heavy atom. The van der Waals surface area contributed by atoms with Crippen LogP contribution in [0, 0.1) is 5.92 Å². The maximum atomic E-state index is 4.24. The first-order valence-corrected chi connectivity index (χ1v) is 7.95. The van der Waals surface area contributed by atoms with E-state index in [0.29, 0.717) is 6.04 Å². The highest BCUT2D eigenvalue weighted by Crippen LogP contribution is 2.54. The van der Waals surface area contributed by atoms with Crippen LogP contribution in [-0.4, -0.2) is 11.5 Å². The van der Waals surface area contributed by atoms with Crippen LogP contribution in [0.15, 0.2) is 42.0 Å². The van der Waals surface area contributed by atoms with E-state index in [4.69, 9.17) is 0 Å². The first-order chi connectivity index (χ1) is 9.40. The molecule has 2 aromatic rings. The van der Waals surface area contributed by atoms with Crippen LogP contribution in [-0.2, 0) is 0 Å².